The highest BCUT2D eigenvalue weighted by Gasteiger charge is 2.36. The third-order valence-corrected chi connectivity index (χ3v) is 11.7. The van der Waals surface area contributed by atoms with Gasteiger partial charge in [0.05, 0.1) is 33.9 Å². The molecule has 0 spiro atoms. The highest BCUT2D eigenvalue weighted by atomic mass is 15.3. The molecule has 1 aromatic heterocycles. The summed E-state index contributed by atoms with van der Waals surface area (Å²) in [5, 5.41) is 28.0. The molecule has 280 valence electrons. The van der Waals surface area contributed by atoms with Gasteiger partial charge in [-0.3, -0.25) is 9.89 Å². The van der Waals surface area contributed by atoms with Crippen LogP contribution in [0.5, 0.6) is 0 Å². The van der Waals surface area contributed by atoms with Gasteiger partial charge in [-0.15, -0.1) is 0 Å². The smallest absolute Gasteiger partial charge is 0.137 e. The van der Waals surface area contributed by atoms with E-state index < -0.39 is 5.66 Å². The highest BCUT2D eigenvalue weighted by Crippen LogP contribution is 2.49. The van der Waals surface area contributed by atoms with Crippen LogP contribution in [0.1, 0.15) is 37.3 Å². The van der Waals surface area contributed by atoms with Crippen molar-refractivity contribution >= 4 is 67.1 Å². The summed E-state index contributed by atoms with van der Waals surface area (Å²) in [6.45, 7) is 2.19. The summed E-state index contributed by atoms with van der Waals surface area (Å²) in [5.41, 5.74) is 8.10. The van der Waals surface area contributed by atoms with Crippen LogP contribution in [0, 0.1) is 22.7 Å². The molecule has 6 nitrogen and oxygen atoms in total. The zero-order chi connectivity index (χ0) is 39.9. The molecule has 0 saturated heterocycles. The first-order valence-electron chi connectivity index (χ1n) is 20.0. The van der Waals surface area contributed by atoms with E-state index in [1.54, 1.807) is 6.20 Å². The van der Waals surface area contributed by atoms with Crippen LogP contribution in [0.2, 0.25) is 0 Å². The summed E-state index contributed by atoms with van der Waals surface area (Å²) in [4.78, 5) is 14.4. The van der Waals surface area contributed by atoms with Crippen LogP contribution >= 0.6 is 0 Å². The summed E-state index contributed by atoms with van der Waals surface area (Å²) in [6.07, 6.45) is 6.59. The van der Waals surface area contributed by atoms with Gasteiger partial charge in [-0.25, -0.2) is 4.98 Å². The van der Waals surface area contributed by atoms with Gasteiger partial charge in [0.15, 0.2) is 0 Å². The molecule has 1 atom stereocenters. The molecule has 10 rings (SSSR count). The Labute approximate surface area is 343 Å². The number of anilines is 5. The average Bonchev–Trinajstić information content (AvgIpc) is 3.30. The molecule has 59 heavy (non-hydrogen) atoms. The first-order chi connectivity index (χ1) is 29.0. The fourth-order valence-electron chi connectivity index (χ4n) is 8.96. The van der Waals surface area contributed by atoms with E-state index in [1.165, 1.54) is 0 Å². The van der Waals surface area contributed by atoms with Crippen molar-refractivity contribution in [3.05, 3.63) is 181 Å². The fraction of sp³-hybridized carbons (Fsp3) is 0.0943. The van der Waals surface area contributed by atoms with Crippen molar-refractivity contribution < 1.29 is 0 Å². The van der Waals surface area contributed by atoms with Crippen molar-refractivity contribution in [1.29, 1.82) is 10.5 Å². The quantitative estimate of drug-likeness (QED) is 0.144. The minimum Gasteiger partial charge on any atom is -0.315 e. The lowest BCUT2D eigenvalue weighted by atomic mass is 9.90. The Bertz CT molecular complexity index is 3130. The Morgan fingerprint density at radius 2 is 1.08 bits per heavy atom. The van der Waals surface area contributed by atoms with E-state index in [-0.39, 0.29) is 0 Å². The number of hydrogen-bond donors (Lipinski definition) is 0. The number of rotatable bonds is 8. The molecule has 0 N–H and O–H groups in total. The predicted molar refractivity (Wildman–Crippen MR) is 242 cm³/mol. The van der Waals surface area contributed by atoms with Crippen molar-refractivity contribution in [2.75, 3.05) is 9.80 Å². The van der Waals surface area contributed by atoms with Gasteiger partial charge in [-0.05, 0) is 119 Å². The normalized spacial score (nSPS) is 15.0. The van der Waals surface area contributed by atoms with Crippen molar-refractivity contribution in [1.82, 2.24) is 4.98 Å². The minimum atomic E-state index is -0.623. The largest absolute Gasteiger partial charge is 0.315 e. The molecule has 8 aromatic carbocycles. The maximum Gasteiger partial charge on any atom is 0.137 e. The maximum atomic E-state index is 10.7. The molecule has 0 amide bonds. The standard InChI is InChI=1S/C53H38N6/c1-53(29-9-11-31-57-53)59(47-26-22-41(33-43(47)35-55)37-14-6-3-7-15-37)49-28-20-39-17-23-44-48(27-19-38-18-24-45(49)52(39)51(38)44)58(50-16-8-10-30-56-50)46-25-21-40(32-42(46)34-54)36-12-4-2-5-13-36/h2-8,10,12-28,30-33H,9,11,29H2,1H3. The number of nitriles is 2. The third kappa shape index (κ3) is 6.11. The summed E-state index contributed by atoms with van der Waals surface area (Å²) >= 11 is 0. The molecular formula is C53H38N6. The van der Waals surface area contributed by atoms with Gasteiger partial charge in [0.25, 0.3) is 0 Å². The number of aromatic nitrogens is 1. The van der Waals surface area contributed by atoms with E-state index in [0.717, 1.165) is 96.6 Å². The second-order valence-corrected chi connectivity index (χ2v) is 15.3. The molecule has 0 aliphatic carbocycles. The zero-order valence-electron chi connectivity index (χ0n) is 32.5. The topological polar surface area (TPSA) is 79.3 Å². The van der Waals surface area contributed by atoms with Gasteiger partial charge in [0, 0.05) is 23.2 Å². The van der Waals surface area contributed by atoms with Crippen LogP contribution < -0.4 is 9.80 Å². The molecule has 1 aliphatic rings. The van der Waals surface area contributed by atoms with Gasteiger partial charge in [0.1, 0.15) is 23.6 Å². The number of aliphatic imine (C=N–C) groups is 1. The second kappa shape index (κ2) is 14.6. The van der Waals surface area contributed by atoms with Gasteiger partial charge in [-0.1, -0.05) is 115 Å². The molecule has 0 saturated carbocycles. The summed E-state index contributed by atoms with van der Waals surface area (Å²) in [5.74, 6) is 0.712. The second-order valence-electron chi connectivity index (χ2n) is 15.3. The molecular weight excluding hydrogens is 721 g/mol. The Kier molecular flexibility index (Phi) is 8.82. The number of benzene rings is 8. The Balaban J connectivity index is 1.20. The fourth-order valence-corrected chi connectivity index (χ4v) is 8.96. The summed E-state index contributed by atoms with van der Waals surface area (Å²) in [7, 11) is 0. The third-order valence-electron chi connectivity index (χ3n) is 11.7. The van der Waals surface area contributed by atoms with E-state index in [2.05, 4.69) is 120 Å². The first-order valence-corrected chi connectivity index (χ1v) is 20.0. The number of pyridine rings is 1. The number of nitrogens with zero attached hydrogens (tertiary/aromatic N) is 6. The van der Waals surface area contributed by atoms with Crippen molar-refractivity contribution in [2.24, 2.45) is 4.99 Å². The van der Waals surface area contributed by atoms with E-state index in [4.69, 9.17) is 9.98 Å². The van der Waals surface area contributed by atoms with Crippen molar-refractivity contribution in [2.45, 2.75) is 31.8 Å². The van der Waals surface area contributed by atoms with E-state index in [1.807, 2.05) is 79.0 Å². The SMILES string of the molecule is CC1(N(c2ccc(-c3ccccc3)cc2C#N)c2ccc3ccc4c(N(c5ccccn5)c5ccc(-c6ccccc6)cc5C#N)ccc5ccc2c3c54)CCCC=N1. The van der Waals surface area contributed by atoms with Gasteiger partial charge in [-0.2, -0.15) is 10.5 Å². The molecule has 0 radical (unpaired) electrons. The average molecular weight is 759 g/mol. The van der Waals surface area contributed by atoms with Crippen LogP contribution in [0.15, 0.2) is 175 Å². The van der Waals surface area contributed by atoms with Crippen molar-refractivity contribution in [3.63, 3.8) is 0 Å². The molecule has 1 aliphatic heterocycles. The minimum absolute atomic E-state index is 0.550. The predicted octanol–water partition coefficient (Wildman–Crippen LogP) is 13.6. The van der Waals surface area contributed by atoms with E-state index in [0.29, 0.717) is 16.9 Å². The molecule has 0 bridgehead atoms. The maximum absolute atomic E-state index is 10.7. The Morgan fingerprint density at radius 1 is 0.542 bits per heavy atom. The Morgan fingerprint density at radius 3 is 1.66 bits per heavy atom. The molecule has 2 heterocycles. The van der Waals surface area contributed by atoms with E-state index in [9.17, 15) is 10.5 Å². The molecule has 0 fully saturated rings. The zero-order valence-corrected chi connectivity index (χ0v) is 32.5. The molecule has 9 aromatic rings. The van der Waals surface area contributed by atoms with Crippen molar-refractivity contribution in [3.8, 4) is 34.4 Å². The van der Waals surface area contributed by atoms with Crippen LogP contribution in [0.25, 0.3) is 54.6 Å². The Hall–Kier alpha value is -7.80. The monoisotopic (exact) mass is 758 g/mol. The van der Waals surface area contributed by atoms with Crippen LogP contribution in [0.4, 0.5) is 28.6 Å². The molecule has 6 heteroatoms. The highest BCUT2D eigenvalue weighted by molar-refractivity contribution is 6.28. The number of hydrogen-bond acceptors (Lipinski definition) is 6. The van der Waals surface area contributed by atoms with Crippen LogP contribution in [-0.2, 0) is 0 Å². The lowest BCUT2D eigenvalue weighted by Gasteiger charge is -2.42. The van der Waals surface area contributed by atoms with E-state index >= 15 is 0 Å². The van der Waals surface area contributed by atoms with Crippen LogP contribution in [-0.4, -0.2) is 16.9 Å². The van der Waals surface area contributed by atoms with Gasteiger partial charge in [0.2, 0.25) is 0 Å². The van der Waals surface area contributed by atoms with Crippen LogP contribution in [0.3, 0.4) is 0 Å². The first kappa shape index (κ1) is 35.6. The summed E-state index contributed by atoms with van der Waals surface area (Å²) < 4.78 is 0. The van der Waals surface area contributed by atoms with Gasteiger partial charge < -0.3 is 4.90 Å². The summed E-state index contributed by atoms with van der Waals surface area (Å²) in [6, 6.07) is 61.1. The lowest BCUT2D eigenvalue weighted by Crippen LogP contribution is -2.43. The molecule has 1 unspecified atom stereocenters. The van der Waals surface area contributed by atoms with Gasteiger partial charge >= 0.3 is 0 Å². The lowest BCUT2D eigenvalue weighted by molar-refractivity contribution is 0.420.